The maximum atomic E-state index is 14.7. The molecule has 2 fully saturated rings. The summed E-state index contributed by atoms with van der Waals surface area (Å²) in [5.41, 5.74) is 1.54. The summed E-state index contributed by atoms with van der Waals surface area (Å²) in [6.07, 6.45) is 1.92. The lowest BCUT2D eigenvalue weighted by Crippen LogP contribution is -2.45. The zero-order valence-electron chi connectivity index (χ0n) is 24.6. The molecule has 2 saturated heterocycles. The lowest BCUT2D eigenvalue weighted by Gasteiger charge is -2.32. The largest absolute Gasteiger partial charge is 0.465 e. The first kappa shape index (κ1) is 32.5. The van der Waals surface area contributed by atoms with Gasteiger partial charge in [0.05, 0.1) is 17.8 Å². The summed E-state index contributed by atoms with van der Waals surface area (Å²) in [4.78, 5) is 45.0. The van der Waals surface area contributed by atoms with Gasteiger partial charge >= 0.3 is 11.9 Å². The molecule has 0 saturated carbocycles. The Morgan fingerprint density at radius 3 is 2.76 bits per heavy atom. The molecule has 0 bridgehead atoms. The number of hydrogen-bond donors (Lipinski definition) is 2. The Morgan fingerprint density at radius 1 is 1.16 bits per heavy atom. The van der Waals surface area contributed by atoms with E-state index in [1.54, 1.807) is 24.4 Å². The van der Waals surface area contributed by atoms with E-state index >= 15 is 0 Å². The number of likely N-dealkylation sites (N-methyl/N-ethyl adjacent to an activating group) is 1. The molecular weight excluding hydrogens is 625 g/mol. The van der Waals surface area contributed by atoms with Crippen LogP contribution >= 0.6 is 23.4 Å². The van der Waals surface area contributed by atoms with Crippen LogP contribution in [0.15, 0.2) is 47.6 Å². The van der Waals surface area contributed by atoms with E-state index in [1.807, 2.05) is 0 Å². The summed E-state index contributed by atoms with van der Waals surface area (Å²) in [7, 11) is 2.09. The Labute approximate surface area is 269 Å². The van der Waals surface area contributed by atoms with Crippen LogP contribution in [0, 0.1) is 11.7 Å². The molecule has 1 atom stereocenters. The average molecular weight is 658 g/mol. The second kappa shape index (κ2) is 15.4. The quantitative estimate of drug-likeness (QED) is 0.166. The second-order valence-corrected chi connectivity index (χ2v) is 12.2. The minimum absolute atomic E-state index is 0.0116. The van der Waals surface area contributed by atoms with Crippen LogP contribution in [0.4, 0.5) is 21.6 Å². The van der Waals surface area contributed by atoms with E-state index in [1.165, 1.54) is 30.0 Å². The highest BCUT2D eigenvalue weighted by Crippen LogP contribution is 2.33. The number of hydrogen-bond acceptors (Lipinski definition) is 12. The molecule has 2 aliphatic rings. The zero-order chi connectivity index (χ0) is 31.8. The molecule has 1 amide bonds. The number of anilines is 3. The van der Waals surface area contributed by atoms with Gasteiger partial charge in [-0.05, 0) is 37.4 Å². The fraction of sp³-hybridized carbons (Fsp3) is 0.400. The Bertz CT molecular complexity index is 1540. The molecule has 2 aromatic heterocycles. The van der Waals surface area contributed by atoms with Gasteiger partial charge in [-0.3, -0.25) is 14.4 Å². The van der Waals surface area contributed by atoms with Crippen molar-refractivity contribution in [3.63, 3.8) is 0 Å². The minimum Gasteiger partial charge on any atom is -0.465 e. The summed E-state index contributed by atoms with van der Waals surface area (Å²) in [6.45, 7) is 4.59. The molecule has 45 heavy (non-hydrogen) atoms. The van der Waals surface area contributed by atoms with Crippen molar-refractivity contribution in [2.45, 2.75) is 17.9 Å². The summed E-state index contributed by atoms with van der Waals surface area (Å²) in [5, 5.41) is 15.5. The number of carbonyl (C=O) groups excluding carboxylic acids is 3. The highest BCUT2D eigenvalue weighted by Gasteiger charge is 2.31. The fourth-order valence-corrected chi connectivity index (χ4v) is 5.63. The molecule has 2 N–H and O–H groups in total. The predicted octanol–water partition coefficient (Wildman–Crippen LogP) is 3.85. The standard InChI is InChI=1S/C30H33ClFN7O5S/c1-38-8-10-39(11-9-38)7-5-27(40)35-26-16-21(4-6-33-26)34-25-17-24(22-15-20(31)2-3-23(22)32)36-37-29(25)45-13-12-43-30(42)19-14-28(41)44-18-19/h2-4,6,15-17,19H,5,7-14,18H2,1H3,(H2,33,34,35,36,40). The molecule has 0 spiro atoms. The minimum atomic E-state index is -0.598. The third-order valence-corrected chi connectivity index (χ3v) is 8.46. The number of pyridine rings is 1. The second-order valence-electron chi connectivity index (χ2n) is 10.7. The number of ether oxygens (including phenoxy) is 2. The predicted molar refractivity (Wildman–Crippen MR) is 168 cm³/mol. The molecular formula is C30H33ClFN7O5S. The first-order valence-electron chi connectivity index (χ1n) is 14.5. The fourth-order valence-electron chi connectivity index (χ4n) is 4.73. The number of esters is 2. The number of nitrogens with zero attached hydrogens (tertiary/aromatic N) is 5. The Kier molecular flexibility index (Phi) is 11.2. The topological polar surface area (TPSA) is 139 Å². The van der Waals surface area contributed by atoms with Crippen molar-refractivity contribution in [2.24, 2.45) is 5.92 Å². The smallest absolute Gasteiger partial charge is 0.313 e. The summed E-state index contributed by atoms with van der Waals surface area (Å²) in [6, 6.07) is 9.23. The van der Waals surface area contributed by atoms with Crippen molar-refractivity contribution in [3.05, 3.63) is 53.4 Å². The van der Waals surface area contributed by atoms with Gasteiger partial charge in [0.2, 0.25) is 5.91 Å². The van der Waals surface area contributed by atoms with Crippen molar-refractivity contribution < 1.29 is 28.2 Å². The number of aromatic nitrogens is 3. The van der Waals surface area contributed by atoms with Crippen molar-refractivity contribution in [2.75, 3.05) is 69.4 Å². The molecule has 238 valence electrons. The molecule has 3 aromatic rings. The van der Waals surface area contributed by atoms with Gasteiger partial charge in [-0.2, -0.15) is 0 Å². The Balaban J connectivity index is 1.25. The zero-order valence-corrected chi connectivity index (χ0v) is 26.2. The number of halogens is 2. The number of nitrogens with one attached hydrogen (secondary N) is 2. The van der Waals surface area contributed by atoms with Crippen molar-refractivity contribution in [1.29, 1.82) is 0 Å². The molecule has 0 aliphatic carbocycles. The van der Waals surface area contributed by atoms with Crippen LogP contribution in [-0.4, -0.2) is 102 Å². The molecule has 2 aliphatic heterocycles. The SMILES string of the molecule is CN1CCN(CCC(=O)Nc2cc(Nc3cc(-c4cc(Cl)ccc4F)nnc3SCCOC(=O)C3COC(=O)C3)ccn2)CC1. The Hall–Kier alpha value is -3.85. The van der Waals surface area contributed by atoms with Gasteiger partial charge in [-0.1, -0.05) is 23.4 Å². The lowest BCUT2D eigenvalue weighted by molar-refractivity contribution is -0.147. The summed E-state index contributed by atoms with van der Waals surface area (Å²) in [5.74, 6) is -1.44. The van der Waals surface area contributed by atoms with E-state index in [0.717, 1.165) is 26.2 Å². The number of rotatable bonds is 12. The number of carbonyl (C=O) groups is 3. The third kappa shape index (κ3) is 9.33. The average Bonchev–Trinajstić information content (AvgIpc) is 3.47. The first-order chi connectivity index (χ1) is 21.7. The molecule has 12 nitrogen and oxygen atoms in total. The molecule has 4 heterocycles. The number of amides is 1. The molecule has 1 aromatic carbocycles. The normalized spacial score (nSPS) is 17.1. The van der Waals surface area contributed by atoms with Gasteiger partial charge in [0.15, 0.2) is 0 Å². The van der Waals surface area contributed by atoms with Crippen molar-refractivity contribution in [1.82, 2.24) is 25.0 Å². The van der Waals surface area contributed by atoms with Crippen LogP contribution in [-0.2, 0) is 23.9 Å². The van der Waals surface area contributed by atoms with E-state index in [0.29, 0.717) is 46.0 Å². The van der Waals surface area contributed by atoms with Crippen LogP contribution < -0.4 is 10.6 Å². The Morgan fingerprint density at radius 2 is 1.98 bits per heavy atom. The molecule has 0 radical (unpaired) electrons. The third-order valence-electron chi connectivity index (χ3n) is 7.28. The van der Waals surface area contributed by atoms with Crippen molar-refractivity contribution >= 4 is 58.4 Å². The molecule has 1 unspecified atom stereocenters. The monoisotopic (exact) mass is 657 g/mol. The van der Waals surface area contributed by atoms with Crippen molar-refractivity contribution in [3.8, 4) is 11.3 Å². The summed E-state index contributed by atoms with van der Waals surface area (Å²) >= 11 is 7.39. The maximum Gasteiger partial charge on any atom is 0.313 e. The lowest BCUT2D eigenvalue weighted by atomic mass is 10.1. The van der Waals surface area contributed by atoms with Crippen LogP contribution in [0.5, 0.6) is 0 Å². The van der Waals surface area contributed by atoms with Crippen LogP contribution in [0.1, 0.15) is 12.8 Å². The van der Waals surface area contributed by atoms with Crippen LogP contribution in [0.3, 0.4) is 0 Å². The molecule has 5 rings (SSSR count). The summed E-state index contributed by atoms with van der Waals surface area (Å²) < 4.78 is 24.8. The number of thioether (sulfide) groups is 1. The number of piperazine rings is 1. The highest BCUT2D eigenvalue weighted by molar-refractivity contribution is 7.99. The van der Waals surface area contributed by atoms with Crippen LogP contribution in [0.25, 0.3) is 11.3 Å². The number of benzene rings is 1. The van der Waals surface area contributed by atoms with E-state index in [2.05, 4.69) is 42.7 Å². The van der Waals surface area contributed by atoms with Gasteiger partial charge in [-0.25, -0.2) is 9.37 Å². The van der Waals surface area contributed by atoms with E-state index < -0.39 is 23.7 Å². The highest BCUT2D eigenvalue weighted by atomic mass is 35.5. The van der Waals surface area contributed by atoms with Gasteiger partial charge in [0.1, 0.15) is 35.8 Å². The molecule has 15 heteroatoms. The van der Waals surface area contributed by atoms with Gasteiger partial charge in [-0.15, -0.1) is 10.2 Å². The maximum absolute atomic E-state index is 14.7. The van der Waals surface area contributed by atoms with Gasteiger partial charge in [0.25, 0.3) is 0 Å². The van der Waals surface area contributed by atoms with E-state index in [9.17, 15) is 18.8 Å². The van der Waals surface area contributed by atoms with Gasteiger partial charge < -0.3 is 29.9 Å². The van der Waals surface area contributed by atoms with E-state index in [4.69, 9.17) is 21.1 Å². The van der Waals surface area contributed by atoms with E-state index in [-0.39, 0.29) is 36.8 Å². The number of cyclic esters (lactones) is 1. The first-order valence-corrected chi connectivity index (χ1v) is 15.8. The van der Waals surface area contributed by atoms with Gasteiger partial charge in [0, 0.05) is 73.4 Å². The van der Waals surface area contributed by atoms with Crippen LogP contribution in [0.2, 0.25) is 5.02 Å².